The monoisotopic (exact) mass is 488 g/mol. The fourth-order valence-electron chi connectivity index (χ4n) is 2.99. The average Bonchev–Trinajstić information content (AvgIpc) is 3.21. The number of hydrogen-bond donors (Lipinski definition) is 4. The number of nitrogens with zero attached hydrogens (tertiary/aromatic N) is 3. The summed E-state index contributed by atoms with van der Waals surface area (Å²) >= 11 is 0. The summed E-state index contributed by atoms with van der Waals surface area (Å²) in [5.74, 6) is -1.08. The van der Waals surface area contributed by atoms with Crippen molar-refractivity contribution in [1.29, 1.82) is 0 Å². The molecule has 5 N–H and O–H groups in total. The van der Waals surface area contributed by atoms with Crippen LogP contribution in [-0.2, 0) is 4.79 Å². The van der Waals surface area contributed by atoms with E-state index in [0.29, 0.717) is 33.7 Å². The van der Waals surface area contributed by atoms with Crippen LogP contribution in [-0.4, -0.2) is 51.0 Å². The third-order valence-electron chi connectivity index (χ3n) is 4.94. The summed E-state index contributed by atoms with van der Waals surface area (Å²) in [7, 11) is 0. The van der Waals surface area contributed by atoms with E-state index in [9.17, 15) is 27.9 Å². The number of carbonyl (C=O) groups excluding carboxylic acids is 1. The highest BCUT2D eigenvalue weighted by Gasteiger charge is 2.27. The molecule has 2 amide bonds. The van der Waals surface area contributed by atoms with Gasteiger partial charge < -0.3 is 21.5 Å². The van der Waals surface area contributed by atoms with Crippen molar-refractivity contribution in [2.75, 3.05) is 11.9 Å². The van der Waals surface area contributed by atoms with Crippen molar-refractivity contribution in [3.63, 3.8) is 0 Å². The number of carboxylic acids is 1. The molecule has 0 saturated carbocycles. The summed E-state index contributed by atoms with van der Waals surface area (Å²) in [5.41, 5.74) is 7.77. The van der Waals surface area contributed by atoms with Crippen molar-refractivity contribution in [2.24, 2.45) is 10.7 Å². The Morgan fingerprint density at radius 3 is 2.63 bits per heavy atom. The lowest BCUT2D eigenvalue weighted by atomic mass is 10.1. The largest absolute Gasteiger partial charge is 0.479 e. The number of amides is 2. The number of aliphatic imine (C=N–C) groups is 1. The maximum absolute atomic E-state index is 12.3. The Balaban J connectivity index is 1.83. The molecule has 0 radical (unpaired) electrons. The molecule has 0 unspecified atom stereocenters. The molecule has 3 aromatic rings. The summed E-state index contributed by atoms with van der Waals surface area (Å²) < 4.78 is 38.6. The number of nitrogens with two attached hydrogens (primary N) is 1. The minimum absolute atomic E-state index is 0.305. The van der Waals surface area contributed by atoms with Crippen LogP contribution in [0.15, 0.2) is 60.0 Å². The Morgan fingerprint density at radius 2 is 1.97 bits per heavy atom. The Hall–Kier alpha value is -4.35. The number of allylic oxidation sites excluding steroid dienone is 1. The molecule has 35 heavy (non-hydrogen) atoms. The van der Waals surface area contributed by atoms with Crippen LogP contribution in [0.3, 0.4) is 0 Å². The molecule has 0 fully saturated rings. The highest BCUT2D eigenvalue weighted by Crippen LogP contribution is 2.25. The second-order valence-electron chi connectivity index (χ2n) is 8.04. The van der Waals surface area contributed by atoms with E-state index in [1.54, 1.807) is 58.5 Å². The average molecular weight is 488 g/mol. The predicted molar refractivity (Wildman–Crippen MR) is 126 cm³/mol. The van der Waals surface area contributed by atoms with Crippen LogP contribution < -0.4 is 16.4 Å². The zero-order chi connectivity index (χ0) is 25.8. The zero-order valence-corrected chi connectivity index (χ0v) is 18.8. The van der Waals surface area contributed by atoms with Crippen molar-refractivity contribution >= 4 is 35.1 Å². The Morgan fingerprint density at radius 1 is 1.23 bits per heavy atom. The molecule has 3 rings (SSSR count). The van der Waals surface area contributed by atoms with Crippen LogP contribution in [0.2, 0.25) is 0 Å². The lowest BCUT2D eigenvalue weighted by molar-refractivity contribution is -0.141. The molecule has 2 aromatic heterocycles. The summed E-state index contributed by atoms with van der Waals surface area (Å²) in [6, 6.07) is 9.10. The number of urea groups is 1. The van der Waals surface area contributed by atoms with Gasteiger partial charge in [0, 0.05) is 35.4 Å². The molecule has 0 spiro atoms. The van der Waals surface area contributed by atoms with E-state index in [4.69, 9.17) is 5.73 Å². The molecule has 1 aromatic carbocycles. The number of fused-ring (bicyclic) bond motifs is 1. The quantitative estimate of drug-likeness (QED) is 0.374. The number of aromatic nitrogens is 2. The van der Waals surface area contributed by atoms with Crippen LogP contribution >= 0.6 is 0 Å². The molecule has 2 heterocycles. The van der Waals surface area contributed by atoms with E-state index in [2.05, 4.69) is 15.3 Å². The maximum atomic E-state index is 12.3. The Kier molecular flexibility index (Phi) is 7.13. The van der Waals surface area contributed by atoms with Gasteiger partial charge in [0.25, 0.3) is 0 Å². The first kappa shape index (κ1) is 25.3. The van der Waals surface area contributed by atoms with E-state index >= 15 is 0 Å². The number of hydrogen-bond acceptors (Lipinski definition) is 5. The highest BCUT2D eigenvalue weighted by atomic mass is 19.4. The fraction of sp³-hybridized carbons (Fsp3) is 0.217. The zero-order valence-electron chi connectivity index (χ0n) is 18.8. The van der Waals surface area contributed by atoms with Crippen LogP contribution in [0.4, 0.5) is 23.7 Å². The first-order valence-electron chi connectivity index (χ1n) is 10.3. The van der Waals surface area contributed by atoms with Gasteiger partial charge in [-0.3, -0.25) is 9.39 Å². The highest BCUT2D eigenvalue weighted by molar-refractivity contribution is 6.10. The van der Waals surface area contributed by atoms with Crippen LogP contribution in [0.5, 0.6) is 0 Å². The number of halogens is 3. The number of imidazole rings is 1. The van der Waals surface area contributed by atoms with E-state index < -0.39 is 30.3 Å². The molecular weight excluding hydrogens is 465 g/mol. The SMILES string of the molecule is CC(C)(N=CC(=CN)c1ccn2c(-c3cccc(NC(=O)NCC(F)(F)F)c3)cnc2c1)C(=O)O. The summed E-state index contributed by atoms with van der Waals surface area (Å²) in [6.45, 7) is 1.49. The summed E-state index contributed by atoms with van der Waals surface area (Å²) in [5, 5.41) is 13.4. The van der Waals surface area contributed by atoms with Crippen LogP contribution in [0.25, 0.3) is 22.5 Å². The van der Waals surface area contributed by atoms with E-state index in [-0.39, 0.29) is 0 Å². The standard InChI is InChI=1S/C23H23F3N6O3/c1-22(2,20(33)34)30-11-16(10-27)14-6-7-32-18(12-28-19(32)9-14)15-4-3-5-17(8-15)31-21(35)29-13-23(24,25)26/h3-12H,13,27H2,1-2H3,(H,33,34)(H2,29,31,35). The van der Waals surface area contributed by atoms with Crippen molar-refractivity contribution in [3.8, 4) is 11.3 Å². The third-order valence-corrected chi connectivity index (χ3v) is 4.94. The number of nitrogens with one attached hydrogen (secondary N) is 2. The number of rotatable bonds is 7. The molecule has 184 valence electrons. The van der Waals surface area contributed by atoms with Crippen molar-refractivity contribution in [1.82, 2.24) is 14.7 Å². The Labute approximate surface area is 198 Å². The number of aliphatic carboxylic acids is 1. The number of benzene rings is 1. The van der Waals surface area contributed by atoms with E-state index in [0.717, 1.165) is 0 Å². The van der Waals surface area contributed by atoms with Crippen LogP contribution in [0, 0.1) is 0 Å². The maximum Gasteiger partial charge on any atom is 0.405 e. The second-order valence-corrected chi connectivity index (χ2v) is 8.04. The Bertz CT molecular complexity index is 1310. The van der Waals surface area contributed by atoms with Crippen molar-refractivity contribution in [3.05, 3.63) is 60.6 Å². The first-order valence-corrected chi connectivity index (χ1v) is 10.3. The molecule has 0 aliphatic carbocycles. The molecule has 0 saturated heterocycles. The molecule has 0 aliphatic rings. The minimum Gasteiger partial charge on any atom is -0.479 e. The third kappa shape index (κ3) is 6.37. The molecule has 12 heteroatoms. The molecule has 0 aliphatic heterocycles. The minimum atomic E-state index is -4.51. The van der Waals surface area contributed by atoms with Gasteiger partial charge in [-0.1, -0.05) is 12.1 Å². The second kappa shape index (κ2) is 9.87. The lowest BCUT2D eigenvalue weighted by Gasteiger charge is -2.13. The molecule has 9 nitrogen and oxygen atoms in total. The number of carboxylic acid groups (broad SMARTS) is 1. The van der Waals surface area contributed by atoms with Gasteiger partial charge in [-0.2, -0.15) is 13.2 Å². The smallest absolute Gasteiger partial charge is 0.405 e. The molecular formula is C23H23F3N6O3. The summed E-state index contributed by atoms with van der Waals surface area (Å²) in [6.07, 6.45) is 1.54. The van der Waals surface area contributed by atoms with Crippen molar-refractivity contribution < 1.29 is 27.9 Å². The van der Waals surface area contributed by atoms with Gasteiger partial charge in [0.1, 0.15) is 12.2 Å². The first-order chi connectivity index (χ1) is 16.4. The number of pyridine rings is 1. The van der Waals surface area contributed by atoms with Crippen molar-refractivity contribution in [2.45, 2.75) is 25.6 Å². The van der Waals surface area contributed by atoms with Gasteiger partial charge in [-0.25, -0.2) is 14.6 Å². The topological polar surface area (TPSA) is 134 Å². The van der Waals surface area contributed by atoms with Gasteiger partial charge >= 0.3 is 18.2 Å². The number of anilines is 1. The molecule has 0 bridgehead atoms. The fourth-order valence-corrected chi connectivity index (χ4v) is 2.99. The normalized spacial score (nSPS) is 12.8. The number of carbonyl (C=O) groups is 2. The van der Waals surface area contributed by atoms with E-state index in [1.807, 2.05) is 0 Å². The lowest BCUT2D eigenvalue weighted by Crippen LogP contribution is -2.36. The molecule has 0 atom stereocenters. The van der Waals surface area contributed by atoms with Gasteiger partial charge in [0.05, 0.1) is 11.9 Å². The number of alkyl halides is 3. The summed E-state index contributed by atoms with van der Waals surface area (Å²) in [4.78, 5) is 31.5. The van der Waals surface area contributed by atoms with Crippen LogP contribution in [0.1, 0.15) is 19.4 Å². The van der Waals surface area contributed by atoms with Gasteiger partial charge in [-0.15, -0.1) is 0 Å². The van der Waals surface area contributed by atoms with E-state index in [1.165, 1.54) is 26.3 Å². The van der Waals surface area contributed by atoms with Gasteiger partial charge in [0.2, 0.25) is 0 Å². The van der Waals surface area contributed by atoms with Gasteiger partial charge in [-0.05, 0) is 43.7 Å². The van der Waals surface area contributed by atoms with Gasteiger partial charge in [0.15, 0.2) is 5.54 Å². The predicted octanol–water partition coefficient (Wildman–Crippen LogP) is 3.92.